The number of fused-ring (bicyclic) bond motifs is 1. The largest absolute Gasteiger partial charge is 0.430 e. The molecule has 1 aliphatic heterocycles. The van der Waals surface area contributed by atoms with Crippen molar-refractivity contribution in [3.05, 3.63) is 28.8 Å². The van der Waals surface area contributed by atoms with Gasteiger partial charge in [-0.3, -0.25) is 0 Å². The average Bonchev–Trinajstić information content (AvgIpc) is 2.08. The van der Waals surface area contributed by atoms with E-state index in [0.29, 0.717) is 17.3 Å². The van der Waals surface area contributed by atoms with Crippen molar-refractivity contribution in [2.75, 3.05) is 0 Å². The van der Waals surface area contributed by atoms with Crippen molar-refractivity contribution in [1.82, 2.24) is 4.42 Å². The molecular weight excluding hydrogens is 213 g/mol. The Morgan fingerprint density at radius 3 is 3.00 bits per heavy atom. The van der Waals surface area contributed by atoms with Gasteiger partial charge in [-0.15, -0.1) is 0 Å². The Bertz CT molecular complexity index is 367. The number of carbonyl (C=O) groups excluding carboxylic acids is 1. The predicted molar refractivity (Wildman–Crippen MR) is 48.9 cm³/mol. The highest BCUT2D eigenvalue weighted by Gasteiger charge is 2.23. The van der Waals surface area contributed by atoms with Gasteiger partial charge in [-0.1, -0.05) is 11.6 Å². The molecule has 0 saturated carbocycles. The molecule has 0 atom stereocenters. The van der Waals surface area contributed by atoms with E-state index in [0.717, 1.165) is 9.98 Å². The van der Waals surface area contributed by atoms with Crippen molar-refractivity contribution in [3.8, 4) is 5.75 Å². The number of hydrogen-bond acceptors (Lipinski definition) is 2. The normalized spacial score (nSPS) is 15.2. The quantitative estimate of drug-likeness (QED) is 0.626. The van der Waals surface area contributed by atoms with Crippen LogP contribution in [-0.2, 0) is 6.54 Å². The average molecular weight is 218 g/mol. The number of carbonyl (C=O) groups is 1. The summed E-state index contributed by atoms with van der Waals surface area (Å²) >= 11 is 11.3. The highest BCUT2D eigenvalue weighted by molar-refractivity contribution is 6.30. The predicted octanol–water partition coefficient (Wildman–Crippen LogP) is 2.81. The van der Waals surface area contributed by atoms with Gasteiger partial charge in [0.05, 0.1) is 6.54 Å². The lowest BCUT2D eigenvalue weighted by Gasteiger charge is -2.21. The molecule has 1 heterocycles. The molecular formula is C8H5Cl2NO2. The fraction of sp³-hybridized carbons (Fsp3) is 0.125. The molecule has 0 N–H and O–H groups in total. The molecule has 0 spiro atoms. The van der Waals surface area contributed by atoms with Crippen LogP contribution in [0.2, 0.25) is 5.02 Å². The SMILES string of the molecule is O=C1Oc2ccc(Cl)cc2CN1Cl. The molecule has 5 heteroatoms. The Hall–Kier alpha value is -0.930. The molecule has 0 bridgehead atoms. The molecule has 0 fully saturated rings. The first-order valence-corrected chi connectivity index (χ1v) is 4.32. The van der Waals surface area contributed by atoms with Crippen molar-refractivity contribution < 1.29 is 9.53 Å². The van der Waals surface area contributed by atoms with E-state index in [1.165, 1.54) is 0 Å². The lowest BCUT2D eigenvalue weighted by Crippen LogP contribution is -2.29. The molecule has 1 aromatic rings. The second-order valence-electron chi connectivity index (χ2n) is 2.64. The van der Waals surface area contributed by atoms with E-state index in [1.807, 2.05) is 0 Å². The minimum absolute atomic E-state index is 0.316. The topological polar surface area (TPSA) is 29.5 Å². The van der Waals surface area contributed by atoms with Gasteiger partial charge in [0.1, 0.15) is 5.75 Å². The van der Waals surface area contributed by atoms with Crippen LogP contribution >= 0.6 is 23.4 Å². The summed E-state index contributed by atoms with van der Waals surface area (Å²) in [6.45, 7) is 0.316. The lowest BCUT2D eigenvalue weighted by molar-refractivity contribution is 0.170. The summed E-state index contributed by atoms with van der Waals surface area (Å²) in [7, 11) is 0. The summed E-state index contributed by atoms with van der Waals surface area (Å²) in [4.78, 5) is 11.0. The fourth-order valence-electron chi connectivity index (χ4n) is 1.13. The van der Waals surface area contributed by atoms with Gasteiger partial charge >= 0.3 is 6.09 Å². The molecule has 0 radical (unpaired) electrons. The highest BCUT2D eigenvalue weighted by Crippen LogP contribution is 2.29. The molecule has 1 aliphatic rings. The number of halogens is 2. The summed E-state index contributed by atoms with van der Waals surface area (Å²) in [6, 6.07) is 5.04. The van der Waals surface area contributed by atoms with E-state index in [2.05, 4.69) is 0 Å². The molecule has 0 aromatic heterocycles. The van der Waals surface area contributed by atoms with Gasteiger partial charge in [-0.25, -0.2) is 9.21 Å². The first kappa shape index (κ1) is 8.66. The summed E-state index contributed by atoms with van der Waals surface area (Å²) < 4.78 is 5.87. The first-order chi connectivity index (χ1) is 6.16. The lowest BCUT2D eigenvalue weighted by atomic mass is 10.2. The monoisotopic (exact) mass is 217 g/mol. The minimum Gasteiger partial charge on any atom is -0.409 e. The van der Waals surface area contributed by atoms with E-state index >= 15 is 0 Å². The van der Waals surface area contributed by atoms with Gasteiger partial charge < -0.3 is 4.74 Å². The van der Waals surface area contributed by atoms with Crippen molar-refractivity contribution in [2.24, 2.45) is 0 Å². The van der Waals surface area contributed by atoms with Crippen LogP contribution in [0.15, 0.2) is 18.2 Å². The Morgan fingerprint density at radius 2 is 2.23 bits per heavy atom. The third kappa shape index (κ3) is 1.57. The van der Waals surface area contributed by atoms with E-state index in [-0.39, 0.29) is 0 Å². The first-order valence-electron chi connectivity index (χ1n) is 3.60. The van der Waals surface area contributed by atoms with Crippen molar-refractivity contribution in [2.45, 2.75) is 6.54 Å². The summed E-state index contributed by atoms with van der Waals surface area (Å²) in [5.41, 5.74) is 0.808. The molecule has 1 aromatic carbocycles. The van der Waals surface area contributed by atoms with Gasteiger partial charge in [0, 0.05) is 22.4 Å². The summed E-state index contributed by atoms with van der Waals surface area (Å²) in [6.07, 6.45) is -0.559. The maximum atomic E-state index is 11.0. The summed E-state index contributed by atoms with van der Waals surface area (Å²) in [5, 5.41) is 0.599. The Labute approximate surface area is 84.9 Å². The standard InChI is InChI=1S/C8H5Cl2NO2/c9-6-1-2-7-5(3-6)4-11(10)8(12)13-7/h1-3H,4H2. The van der Waals surface area contributed by atoms with Gasteiger partial charge in [0.25, 0.3) is 0 Å². The smallest absolute Gasteiger partial charge is 0.409 e. The number of rotatable bonds is 0. The number of nitrogens with zero attached hydrogens (tertiary/aromatic N) is 1. The molecule has 0 aliphatic carbocycles. The second-order valence-corrected chi connectivity index (χ2v) is 3.48. The minimum atomic E-state index is -0.559. The van der Waals surface area contributed by atoms with Gasteiger partial charge in [0.2, 0.25) is 0 Å². The third-order valence-corrected chi connectivity index (χ3v) is 2.22. The molecule has 13 heavy (non-hydrogen) atoms. The maximum absolute atomic E-state index is 11.0. The molecule has 68 valence electrons. The van der Waals surface area contributed by atoms with Crippen LogP contribution in [0, 0.1) is 0 Å². The van der Waals surface area contributed by atoms with Crippen LogP contribution < -0.4 is 4.74 Å². The third-order valence-electron chi connectivity index (χ3n) is 1.73. The Balaban J connectivity index is 2.42. The zero-order valence-electron chi connectivity index (χ0n) is 6.46. The number of benzene rings is 1. The van der Waals surface area contributed by atoms with Crippen molar-refractivity contribution >= 4 is 29.5 Å². The molecule has 1 amide bonds. The Kier molecular flexibility index (Phi) is 2.06. The van der Waals surface area contributed by atoms with E-state index < -0.39 is 6.09 Å². The molecule has 2 rings (SSSR count). The van der Waals surface area contributed by atoms with E-state index in [9.17, 15) is 4.79 Å². The second kappa shape index (κ2) is 3.09. The zero-order chi connectivity index (χ0) is 9.42. The molecule has 0 saturated heterocycles. The van der Waals surface area contributed by atoms with E-state index in [1.54, 1.807) is 18.2 Å². The van der Waals surface area contributed by atoms with Gasteiger partial charge in [-0.2, -0.15) is 0 Å². The van der Waals surface area contributed by atoms with E-state index in [4.69, 9.17) is 28.1 Å². The van der Waals surface area contributed by atoms with Crippen LogP contribution in [0.3, 0.4) is 0 Å². The number of ether oxygens (including phenoxy) is 1. The van der Waals surface area contributed by atoms with Crippen LogP contribution in [-0.4, -0.2) is 10.5 Å². The van der Waals surface area contributed by atoms with Crippen molar-refractivity contribution in [3.63, 3.8) is 0 Å². The van der Waals surface area contributed by atoms with Gasteiger partial charge in [-0.05, 0) is 18.2 Å². The fourth-order valence-corrected chi connectivity index (χ4v) is 1.49. The van der Waals surface area contributed by atoms with Crippen molar-refractivity contribution in [1.29, 1.82) is 0 Å². The number of amides is 1. The zero-order valence-corrected chi connectivity index (χ0v) is 7.97. The number of hydrogen-bond donors (Lipinski definition) is 0. The highest BCUT2D eigenvalue weighted by atomic mass is 35.5. The van der Waals surface area contributed by atoms with Crippen LogP contribution in [0.1, 0.15) is 5.56 Å². The van der Waals surface area contributed by atoms with Gasteiger partial charge in [0.15, 0.2) is 0 Å². The Morgan fingerprint density at radius 1 is 1.46 bits per heavy atom. The molecule has 3 nitrogen and oxygen atoms in total. The van der Waals surface area contributed by atoms with Crippen LogP contribution in [0.4, 0.5) is 4.79 Å². The van der Waals surface area contributed by atoms with Crippen LogP contribution in [0.5, 0.6) is 5.75 Å². The summed E-state index contributed by atoms with van der Waals surface area (Å²) in [5.74, 6) is 0.520. The maximum Gasteiger partial charge on any atom is 0.430 e. The van der Waals surface area contributed by atoms with Crippen LogP contribution in [0.25, 0.3) is 0 Å². The molecule has 0 unspecified atom stereocenters.